The maximum absolute atomic E-state index is 13.9. The topological polar surface area (TPSA) is 103 Å². The highest BCUT2D eigenvalue weighted by atomic mass is 19.1. The van der Waals surface area contributed by atoms with Gasteiger partial charge in [0, 0.05) is 17.7 Å². The molecule has 0 bridgehead atoms. The van der Waals surface area contributed by atoms with E-state index in [1.165, 1.54) is 20.3 Å². The fourth-order valence-electron chi connectivity index (χ4n) is 4.15. The van der Waals surface area contributed by atoms with E-state index < -0.39 is 40.6 Å². The van der Waals surface area contributed by atoms with E-state index in [0.717, 1.165) is 28.8 Å². The van der Waals surface area contributed by atoms with Gasteiger partial charge in [0.2, 0.25) is 5.60 Å². The van der Waals surface area contributed by atoms with Gasteiger partial charge in [-0.05, 0) is 53.9 Å². The number of hydrogen-bond acceptors (Lipinski definition) is 7. The summed E-state index contributed by atoms with van der Waals surface area (Å²) in [6.07, 6.45) is -0.347. The third-order valence-electron chi connectivity index (χ3n) is 6.21. The zero-order chi connectivity index (χ0) is 27.4. The predicted molar refractivity (Wildman–Crippen MR) is 135 cm³/mol. The number of ether oxygens (including phenoxy) is 2. The molecular weight excluding hydrogens is 498 g/mol. The molecule has 196 valence electrons. The number of halogens is 2. The Morgan fingerprint density at radius 1 is 0.974 bits per heavy atom. The number of carbonyl (C=O) groups is 3. The molecule has 1 heterocycles. The number of benzene rings is 3. The van der Waals surface area contributed by atoms with Crippen molar-refractivity contribution in [1.82, 2.24) is 0 Å². The van der Waals surface area contributed by atoms with Crippen molar-refractivity contribution in [2.24, 2.45) is 5.16 Å². The number of anilines is 1. The Kier molecular flexibility index (Phi) is 7.52. The van der Waals surface area contributed by atoms with E-state index in [1.54, 1.807) is 24.3 Å². The molecule has 3 aromatic rings. The van der Waals surface area contributed by atoms with Gasteiger partial charge in [0.25, 0.3) is 5.91 Å². The van der Waals surface area contributed by atoms with Crippen molar-refractivity contribution in [1.29, 1.82) is 0 Å². The average molecular weight is 523 g/mol. The van der Waals surface area contributed by atoms with Crippen molar-refractivity contribution in [2.45, 2.75) is 25.4 Å². The highest BCUT2D eigenvalue weighted by molar-refractivity contribution is 6.07. The van der Waals surface area contributed by atoms with Crippen LogP contribution in [0.25, 0.3) is 11.1 Å². The van der Waals surface area contributed by atoms with E-state index in [4.69, 9.17) is 14.3 Å². The van der Waals surface area contributed by atoms with Crippen molar-refractivity contribution in [3.63, 3.8) is 0 Å². The predicted octanol–water partition coefficient (Wildman–Crippen LogP) is 4.79. The Hall–Kier alpha value is -4.60. The maximum Gasteiger partial charge on any atom is 0.354 e. The lowest BCUT2D eigenvalue weighted by Gasteiger charge is -2.22. The van der Waals surface area contributed by atoms with E-state index >= 15 is 0 Å². The van der Waals surface area contributed by atoms with Crippen LogP contribution < -0.4 is 5.32 Å². The van der Waals surface area contributed by atoms with E-state index in [1.807, 2.05) is 25.1 Å². The summed E-state index contributed by atoms with van der Waals surface area (Å²) in [4.78, 5) is 42.2. The van der Waals surface area contributed by atoms with Crippen molar-refractivity contribution in [3.05, 3.63) is 89.0 Å². The van der Waals surface area contributed by atoms with Gasteiger partial charge in [-0.15, -0.1) is 0 Å². The standard InChI is InChI=1S/C28H24F2N2O6/c1-16-7-8-18(23-14-28(38-32-23,27(35)37-3)15-24(33)36-2)13-20(16)17-9-11-19(12-10-17)31-26(34)25-21(29)5-4-6-22(25)30/h4-13H,14-15H2,1-3H3,(H,31,34). The summed E-state index contributed by atoms with van der Waals surface area (Å²) in [6, 6.07) is 15.5. The van der Waals surface area contributed by atoms with Crippen LogP contribution in [0.3, 0.4) is 0 Å². The smallest absolute Gasteiger partial charge is 0.354 e. The van der Waals surface area contributed by atoms with Crippen molar-refractivity contribution in [2.75, 3.05) is 19.5 Å². The van der Waals surface area contributed by atoms with E-state index in [-0.39, 0.29) is 12.8 Å². The van der Waals surface area contributed by atoms with Gasteiger partial charge in [-0.25, -0.2) is 13.6 Å². The molecule has 1 N–H and O–H groups in total. The molecule has 1 unspecified atom stereocenters. The second kappa shape index (κ2) is 10.8. The molecular formula is C28H24F2N2O6. The summed E-state index contributed by atoms with van der Waals surface area (Å²) in [6.45, 7) is 1.92. The van der Waals surface area contributed by atoms with Crippen LogP contribution >= 0.6 is 0 Å². The molecule has 0 aliphatic carbocycles. The van der Waals surface area contributed by atoms with Gasteiger partial charge < -0.3 is 19.6 Å². The molecule has 1 aliphatic rings. The van der Waals surface area contributed by atoms with Gasteiger partial charge in [-0.3, -0.25) is 9.59 Å². The average Bonchev–Trinajstić information content (AvgIpc) is 3.34. The highest BCUT2D eigenvalue weighted by Crippen LogP contribution is 2.34. The molecule has 0 radical (unpaired) electrons. The number of aryl methyl sites for hydroxylation is 1. The minimum atomic E-state index is -1.61. The lowest BCUT2D eigenvalue weighted by atomic mass is 9.89. The molecule has 8 nitrogen and oxygen atoms in total. The summed E-state index contributed by atoms with van der Waals surface area (Å²) >= 11 is 0. The summed E-state index contributed by atoms with van der Waals surface area (Å²) in [5, 5.41) is 6.57. The first-order valence-corrected chi connectivity index (χ1v) is 11.5. The third kappa shape index (κ3) is 5.24. The van der Waals surface area contributed by atoms with Crippen LogP contribution in [0.1, 0.15) is 34.3 Å². The molecule has 3 aromatic carbocycles. The molecule has 1 aliphatic heterocycles. The van der Waals surface area contributed by atoms with Crippen LogP contribution in [-0.4, -0.2) is 43.4 Å². The Labute approximate surface area is 217 Å². The Balaban J connectivity index is 1.55. The second-order valence-corrected chi connectivity index (χ2v) is 8.70. The fraction of sp³-hybridized carbons (Fsp3) is 0.214. The normalized spacial score (nSPS) is 16.3. The number of carbonyl (C=O) groups excluding carboxylic acids is 3. The number of rotatable bonds is 7. The summed E-state index contributed by atoms with van der Waals surface area (Å²) in [5.74, 6) is -4.17. The van der Waals surface area contributed by atoms with Gasteiger partial charge >= 0.3 is 11.9 Å². The molecule has 0 aromatic heterocycles. The summed E-state index contributed by atoms with van der Waals surface area (Å²) in [5.41, 5.74) is 1.79. The summed E-state index contributed by atoms with van der Waals surface area (Å²) < 4.78 is 37.4. The zero-order valence-electron chi connectivity index (χ0n) is 20.8. The van der Waals surface area contributed by atoms with E-state index in [9.17, 15) is 23.2 Å². The molecule has 1 amide bonds. The van der Waals surface area contributed by atoms with Crippen molar-refractivity contribution < 1.29 is 37.5 Å². The van der Waals surface area contributed by atoms with Crippen molar-refractivity contribution in [3.8, 4) is 11.1 Å². The number of nitrogens with zero attached hydrogens (tertiary/aromatic N) is 1. The van der Waals surface area contributed by atoms with E-state index in [0.29, 0.717) is 17.0 Å². The van der Waals surface area contributed by atoms with Gasteiger partial charge in [-0.1, -0.05) is 35.5 Å². The van der Waals surface area contributed by atoms with Gasteiger partial charge in [0.15, 0.2) is 0 Å². The first-order chi connectivity index (χ1) is 18.2. The molecule has 10 heteroatoms. The molecule has 0 saturated carbocycles. The van der Waals surface area contributed by atoms with Crippen LogP contribution in [0.4, 0.5) is 14.5 Å². The van der Waals surface area contributed by atoms with Crippen LogP contribution in [0, 0.1) is 18.6 Å². The molecule has 0 saturated heterocycles. The minimum absolute atomic E-state index is 0.00878. The van der Waals surface area contributed by atoms with Crippen LogP contribution in [0.15, 0.2) is 65.8 Å². The fourth-order valence-corrected chi connectivity index (χ4v) is 4.15. The second-order valence-electron chi connectivity index (χ2n) is 8.70. The van der Waals surface area contributed by atoms with Crippen LogP contribution in [0.5, 0.6) is 0 Å². The van der Waals surface area contributed by atoms with Crippen LogP contribution in [0.2, 0.25) is 0 Å². The number of amides is 1. The van der Waals surface area contributed by atoms with Gasteiger partial charge in [0.05, 0.1) is 26.4 Å². The molecule has 4 rings (SSSR count). The quantitative estimate of drug-likeness (QED) is 0.448. The molecule has 0 fully saturated rings. The number of methoxy groups -OCH3 is 2. The third-order valence-corrected chi connectivity index (χ3v) is 6.21. The summed E-state index contributed by atoms with van der Waals surface area (Å²) in [7, 11) is 2.41. The first-order valence-electron chi connectivity index (χ1n) is 11.5. The number of hydrogen-bond donors (Lipinski definition) is 1. The molecule has 38 heavy (non-hydrogen) atoms. The lowest BCUT2D eigenvalue weighted by Crippen LogP contribution is -2.42. The monoisotopic (exact) mass is 522 g/mol. The van der Waals surface area contributed by atoms with Crippen LogP contribution in [-0.2, 0) is 23.9 Å². The van der Waals surface area contributed by atoms with Gasteiger partial charge in [-0.2, -0.15) is 0 Å². The zero-order valence-corrected chi connectivity index (χ0v) is 20.8. The van der Waals surface area contributed by atoms with E-state index in [2.05, 4.69) is 10.5 Å². The Morgan fingerprint density at radius 3 is 2.26 bits per heavy atom. The SMILES string of the molecule is COC(=O)CC1(C(=O)OC)CC(c2ccc(C)c(-c3ccc(NC(=O)c4c(F)cccc4F)cc3)c2)=NO1. The number of esters is 2. The minimum Gasteiger partial charge on any atom is -0.469 e. The molecule has 0 spiro atoms. The lowest BCUT2D eigenvalue weighted by molar-refractivity contribution is -0.173. The molecule has 1 atom stereocenters. The largest absolute Gasteiger partial charge is 0.469 e. The number of nitrogens with one attached hydrogen (secondary N) is 1. The van der Waals surface area contributed by atoms with Crippen molar-refractivity contribution >= 4 is 29.2 Å². The maximum atomic E-state index is 13.9. The number of oxime groups is 1. The highest BCUT2D eigenvalue weighted by Gasteiger charge is 2.50. The first kappa shape index (κ1) is 26.5. The van der Waals surface area contributed by atoms with Gasteiger partial charge in [0.1, 0.15) is 17.2 Å². The Bertz CT molecular complexity index is 1420. The Morgan fingerprint density at radius 2 is 1.63 bits per heavy atom.